The summed E-state index contributed by atoms with van der Waals surface area (Å²) in [6.45, 7) is 6.15. The summed E-state index contributed by atoms with van der Waals surface area (Å²) in [5.41, 5.74) is 2.07. The quantitative estimate of drug-likeness (QED) is 0.771. The van der Waals surface area contributed by atoms with Gasteiger partial charge in [0.15, 0.2) is 0 Å². The van der Waals surface area contributed by atoms with Crippen LogP contribution in [0.25, 0.3) is 0 Å². The lowest BCUT2D eigenvalue weighted by Gasteiger charge is -2.13. The van der Waals surface area contributed by atoms with E-state index in [0.717, 1.165) is 16.9 Å². The van der Waals surface area contributed by atoms with Gasteiger partial charge in [0.25, 0.3) is 0 Å². The normalized spacial score (nSPS) is 11.8. The number of ether oxygens (including phenoxy) is 1. The second-order valence-electron chi connectivity index (χ2n) is 5.07. The van der Waals surface area contributed by atoms with E-state index in [2.05, 4.69) is 5.32 Å². The van der Waals surface area contributed by atoms with Gasteiger partial charge in [-0.1, -0.05) is 25.1 Å². The van der Waals surface area contributed by atoms with E-state index in [1.807, 2.05) is 32.0 Å². The highest BCUT2D eigenvalue weighted by atomic mass is 16.5. The number of benzene rings is 1. The molecule has 0 aliphatic rings. The van der Waals surface area contributed by atoms with Crippen LogP contribution >= 0.6 is 0 Å². The van der Waals surface area contributed by atoms with Gasteiger partial charge in [0.2, 0.25) is 5.91 Å². The van der Waals surface area contributed by atoms with E-state index >= 15 is 0 Å². The Morgan fingerprint density at radius 3 is 2.43 bits per heavy atom. The third-order valence-electron chi connectivity index (χ3n) is 3.37. The number of carboxylic acids is 1. The van der Waals surface area contributed by atoms with Crippen LogP contribution in [0.4, 0.5) is 0 Å². The molecule has 116 valence electrons. The number of rotatable bonds is 8. The Labute approximate surface area is 125 Å². The second kappa shape index (κ2) is 8.29. The molecule has 0 saturated carbocycles. The Kier molecular flexibility index (Phi) is 6.72. The first-order valence-electron chi connectivity index (χ1n) is 7.14. The molecule has 0 aromatic heterocycles. The molecule has 0 aliphatic carbocycles. The van der Waals surface area contributed by atoms with Gasteiger partial charge in [0.1, 0.15) is 5.75 Å². The molecule has 1 amide bonds. The fourth-order valence-corrected chi connectivity index (χ4v) is 2.00. The topological polar surface area (TPSA) is 75.6 Å². The number of para-hydroxylation sites is 1. The third kappa shape index (κ3) is 5.45. The van der Waals surface area contributed by atoms with E-state index in [9.17, 15) is 9.59 Å². The van der Waals surface area contributed by atoms with Gasteiger partial charge < -0.3 is 15.2 Å². The van der Waals surface area contributed by atoms with Gasteiger partial charge >= 0.3 is 5.97 Å². The lowest BCUT2D eigenvalue weighted by atomic mass is 10.1. The Morgan fingerprint density at radius 1 is 1.29 bits per heavy atom. The number of aliphatic carboxylic acids is 1. The fraction of sp³-hybridized carbons (Fsp3) is 0.500. The van der Waals surface area contributed by atoms with Gasteiger partial charge in [-0.15, -0.1) is 0 Å². The van der Waals surface area contributed by atoms with Crippen molar-refractivity contribution in [3.05, 3.63) is 29.3 Å². The molecule has 5 heteroatoms. The maximum Gasteiger partial charge on any atom is 0.308 e. The van der Waals surface area contributed by atoms with Crippen molar-refractivity contribution < 1.29 is 19.4 Å². The average molecular weight is 293 g/mol. The number of nitrogens with one attached hydrogen (secondary N) is 1. The maximum absolute atomic E-state index is 11.7. The smallest absolute Gasteiger partial charge is 0.308 e. The molecule has 0 bridgehead atoms. The fourth-order valence-electron chi connectivity index (χ4n) is 2.00. The van der Waals surface area contributed by atoms with Crippen molar-refractivity contribution in [2.45, 2.75) is 33.6 Å². The average Bonchev–Trinajstić information content (AvgIpc) is 2.42. The maximum atomic E-state index is 11.7. The number of carbonyl (C=O) groups is 2. The highest BCUT2D eigenvalue weighted by molar-refractivity contribution is 5.77. The first-order valence-corrected chi connectivity index (χ1v) is 7.14. The van der Waals surface area contributed by atoms with Gasteiger partial charge in [-0.25, -0.2) is 0 Å². The van der Waals surface area contributed by atoms with E-state index < -0.39 is 11.9 Å². The molecule has 1 rings (SSSR count). The Balaban J connectivity index is 2.35. The zero-order chi connectivity index (χ0) is 15.8. The molecule has 1 aromatic rings. The molecule has 5 nitrogen and oxygen atoms in total. The molecular formula is C16H23NO4. The van der Waals surface area contributed by atoms with Crippen molar-refractivity contribution in [2.75, 3.05) is 13.2 Å². The monoisotopic (exact) mass is 293 g/mol. The van der Waals surface area contributed by atoms with Gasteiger partial charge in [-0.2, -0.15) is 0 Å². The number of carbonyl (C=O) groups excluding carboxylic acids is 1. The lowest BCUT2D eigenvalue weighted by molar-refractivity contribution is -0.141. The van der Waals surface area contributed by atoms with Crippen molar-refractivity contribution in [3.63, 3.8) is 0 Å². The van der Waals surface area contributed by atoms with Gasteiger partial charge in [-0.3, -0.25) is 9.59 Å². The summed E-state index contributed by atoms with van der Waals surface area (Å²) in [6, 6.07) is 5.88. The molecule has 21 heavy (non-hydrogen) atoms. The van der Waals surface area contributed by atoms with Gasteiger partial charge in [0, 0.05) is 6.54 Å². The Bertz CT molecular complexity index is 479. The van der Waals surface area contributed by atoms with E-state index in [-0.39, 0.29) is 25.5 Å². The molecule has 0 aliphatic heterocycles. The minimum Gasteiger partial charge on any atom is -0.493 e. The van der Waals surface area contributed by atoms with E-state index in [0.29, 0.717) is 6.42 Å². The minimum absolute atomic E-state index is 0.161. The van der Waals surface area contributed by atoms with Crippen LogP contribution in [0.1, 0.15) is 30.9 Å². The zero-order valence-electron chi connectivity index (χ0n) is 12.8. The number of aryl methyl sites for hydroxylation is 2. The molecular weight excluding hydrogens is 270 g/mol. The van der Waals surface area contributed by atoms with Crippen LogP contribution in [-0.4, -0.2) is 30.1 Å². The van der Waals surface area contributed by atoms with Crippen molar-refractivity contribution in [2.24, 2.45) is 5.92 Å². The standard InChI is InChI=1S/C16H23NO4/c1-4-13(16(19)20)10-17-14(18)8-9-21-15-11(2)6-5-7-12(15)3/h5-7,13H,4,8-10H2,1-3H3,(H,17,18)(H,19,20). The summed E-state index contributed by atoms with van der Waals surface area (Å²) < 4.78 is 5.64. The summed E-state index contributed by atoms with van der Waals surface area (Å²) in [5, 5.41) is 11.5. The van der Waals surface area contributed by atoms with Crippen LogP contribution in [-0.2, 0) is 9.59 Å². The van der Waals surface area contributed by atoms with E-state index in [4.69, 9.17) is 9.84 Å². The summed E-state index contributed by atoms with van der Waals surface area (Å²) in [5.74, 6) is -0.804. The molecule has 0 heterocycles. The number of carboxylic acid groups (broad SMARTS) is 1. The predicted octanol–water partition coefficient (Wildman–Crippen LogP) is 2.30. The molecule has 0 spiro atoms. The lowest BCUT2D eigenvalue weighted by Crippen LogP contribution is -2.33. The Morgan fingerprint density at radius 2 is 1.90 bits per heavy atom. The van der Waals surface area contributed by atoms with Crippen molar-refractivity contribution in [1.82, 2.24) is 5.32 Å². The first kappa shape index (κ1) is 17.0. The molecule has 0 saturated heterocycles. The summed E-state index contributed by atoms with van der Waals surface area (Å²) in [6.07, 6.45) is 0.707. The van der Waals surface area contributed by atoms with Crippen LogP contribution in [0.15, 0.2) is 18.2 Å². The highest BCUT2D eigenvalue weighted by Gasteiger charge is 2.15. The van der Waals surface area contributed by atoms with E-state index in [1.165, 1.54) is 0 Å². The minimum atomic E-state index is -0.885. The number of hydrogen-bond acceptors (Lipinski definition) is 3. The highest BCUT2D eigenvalue weighted by Crippen LogP contribution is 2.22. The van der Waals surface area contributed by atoms with Crippen molar-refractivity contribution in [1.29, 1.82) is 0 Å². The SMILES string of the molecule is CCC(CNC(=O)CCOc1c(C)cccc1C)C(=O)O. The third-order valence-corrected chi connectivity index (χ3v) is 3.37. The van der Waals surface area contributed by atoms with E-state index in [1.54, 1.807) is 6.92 Å². The first-order chi connectivity index (χ1) is 9.95. The summed E-state index contributed by atoms with van der Waals surface area (Å²) >= 11 is 0. The largest absolute Gasteiger partial charge is 0.493 e. The van der Waals surface area contributed by atoms with Crippen LogP contribution in [0, 0.1) is 19.8 Å². The van der Waals surface area contributed by atoms with Crippen molar-refractivity contribution in [3.8, 4) is 5.75 Å². The molecule has 0 radical (unpaired) electrons. The molecule has 0 fully saturated rings. The summed E-state index contributed by atoms with van der Waals surface area (Å²) in [4.78, 5) is 22.5. The van der Waals surface area contributed by atoms with Gasteiger partial charge in [0.05, 0.1) is 18.9 Å². The van der Waals surface area contributed by atoms with Crippen molar-refractivity contribution >= 4 is 11.9 Å². The molecule has 1 aromatic carbocycles. The molecule has 2 N–H and O–H groups in total. The molecule has 1 unspecified atom stereocenters. The summed E-state index contributed by atoms with van der Waals surface area (Å²) in [7, 11) is 0. The predicted molar refractivity (Wildman–Crippen MR) is 80.5 cm³/mol. The van der Waals surface area contributed by atoms with Crippen LogP contribution < -0.4 is 10.1 Å². The van der Waals surface area contributed by atoms with Gasteiger partial charge in [-0.05, 0) is 31.4 Å². The van der Waals surface area contributed by atoms with Crippen LogP contribution in [0.3, 0.4) is 0 Å². The number of amides is 1. The molecule has 1 atom stereocenters. The zero-order valence-corrected chi connectivity index (χ0v) is 12.8. The van der Waals surface area contributed by atoms with Crippen LogP contribution in [0.5, 0.6) is 5.75 Å². The second-order valence-corrected chi connectivity index (χ2v) is 5.07. The Hall–Kier alpha value is -2.04. The van der Waals surface area contributed by atoms with Crippen LogP contribution in [0.2, 0.25) is 0 Å². The number of hydrogen-bond donors (Lipinski definition) is 2.